The zero-order valence-electron chi connectivity index (χ0n) is 27.1. The predicted molar refractivity (Wildman–Crippen MR) is 183 cm³/mol. The van der Waals surface area contributed by atoms with Crippen LogP contribution in [0.3, 0.4) is 0 Å². The Bertz CT molecular complexity index is 1500. The van der Waals surface area contributed by atoms with Crippen molar-refractivity contribution in [1.82, 2.24) is 4.98 Å². The molecule has 0 aliphatic rings. The molecule has 0 spiro atoms. The van der Waals surface area contributed by atoms with E-state index in [9.17, 15) is 9.90 Å². The Balaban J connectivity index is 0.000000348. The summed E-state index contributed by atoms with van der Waals surface area (Å²) in [5.41, 5.74) is 5.72. The maximum absolute atomic E-state index is 11.7. The molecule has 0 atom stereocenters. The van der Waals surface area contributed by atoms with Crippen molar-refractivity contribution in [1.29, 1.82) is 0 Å². The van der Waals surface area contributed by atoms with E-state index in [1.54, 1.807) is 0 Å². The van der Waals surface area contributed by atoms with E-state index in [1.807, 2.05) is 33.9 Å². The topological polar surface area (TPSA) is 50.2 Å². The molecule has 43 heavy (non-hydrogen) atoms. The number of allylic oxidation sites excluding steroid dienone is 2. The molecule has 0 aliphatic carbocycles. The van der Waals surface area contributed by atoms with Gasteiger partial charge in [-0.05, 0) is 25.7 Å². The number of fused-ring (bicyclic) bond motifs is 1. The number of aliphatic hydroxyl groups excluding tert-OH is 1. The van der Waals surface area contributed by atoms with Gasteiger partial charge in [-0.2, -0.15) is 0 Å². The largest absolute Gasteiger partial charge is 0 e. The number of benzene rings is 3. The van der Waals surface area contributed by atoms with Crippen LogP contribution in [0.4, 0.5) is 0 Å². The fourth-order valence-corrected chi connectivity index (χ4v) is 7.70. The summed E-state index contributed by atoms with van der Waals surface area (Å²) >= 11 is -1.77. The average Bonchev–Trinajstić information content (AvgIpc) is 2.98. The van der Waals surface area contributed by atoms with Gasteiger partial charge < -0.3 is 5.11 Å². The van der Waals surface area contributed by atoms with Gasteiger partial charge in [0, 0.05) is 38.0 Å². The van der Waals surface area contributed by atoms with Gasteiger partial charge in [0.05, 0.1) is 5.76 Å². The number of aryl methyl sites for hydroxylation is 1. The fourth-order valence-electron chi connectivity index (χ4n) is 5.25. The van der Waals surface area contributed by atoms with E-state index in [2.05, 4.69) is 102 Å². The number of carbonyl (C=O) groups excluding carboxylic acids is 1. The fraction of sp³-hybridized carbons (Fsp3) is 0.368. The summed E-state index contributed by atoms with van der Waals surface area (Å²) in [6.45, 7) is 10.2. The van der Waals surface area contributed by atoms with Crippen molar-refractivity contribution in [3.8, 4) is 22.4 Å². The SMILES string of the molecule is CCC(CC)C(=O)/C=C(\O)C(CC)CC.Cc1cc(-c2cc(-c3cc[c]([Ge]([CH3])([CH3])[CH3])cc3)ccn2)[c-]c2ccccc12.[Ir]. The second kappa shape index (κ2) is 17.1. The van der Waals surface area contributed by atoms with Gasteiger partial charge in [0.15, 0.2) is 5.78 Å². The zero-order valence-corrected chi connectivity index (χ0v) is 31.6. The second-order valence-electron chi connectivity index (χ2n) is 12.2. The summed E-state index contributed by atoms with van der Waals surface area (Å²) in [5.74, 6) is 7.83. The van der Waals surface area contributed by atoms with Crippen molar-refractivity contribution < 1.29 is 30.0 Å². The van der Waals surface area contributed by atoms with E-state index >= 15 is 0 Å². The van der Waals surface area contributed by atoms with E-state index in [-0.39, 0.29) is 43.5 Å². The normalized spacial score (nSPS) is 11.7. The molecular weight excluding hydrogens is 767 g/mol. The number of hydrogen-bond donors (Lipinski definition) is 1. The van der Waals surface area contributed by atoms with Crippen LogP contribution < -0.4 is 4.40 Å². The number of carbonyl (C=O) groups is 1. The van der Waals surface area contributed by atoms with Crippen molar-refractivity contribution in [3.05, 3.63) is 96.4 Å². The molecule has 3 nitrogen and oxygen atoms in total. The van der Waals surface area contributed by atoms with Gasteiger partial charge in [0.2, 0.25) is 0 Å². The molecule has 1 radical (unpaired) electrons. The van der Waals surface area contributed by atoms with Crippen LogP contribution in [0.25, 0.3) is 33.2 Å². The van der Waals surface area contributed by atoms with Gasteiger partial charge in [0.1, 0.15) is 0 Å². The Hall–Kier alpha value is -2.53. The van der Waals surface area contributed by atoms with Crippen LogP contribution in [0.1, 0.15) is 58.9 Å². The van der Waals surface area contributed by atoms with Crippen LogP contribution in [0, 0.1) is 24.8 Å². The molecule has 4 rings (SSSR count). The third kappa shape index (κ3) is 9.99. The molecule has 5 heteroatoms. The van der Waals surface area contributed by atoms with Crippen molar-refractivity contribution in [2.24, 2.45) is 11.8 Å². The Morgan fingerprint density at radius 3 is 2.05 bits per heavy atom. The van der Waals surface area contributed by atoms with Gasteiger partial charge in [-0.15, -0.1) is 0 Å². The first-order chi connectivity index (χ1) is 20.0. The summed E-state index contributed by atoms with van der Waals surface area (Å²) in [6.07, 6.45) is 6.81. The number of aliphatic hydroxyl groups is 1. The summed E-state index contributed by atoms with van der Waals surface area (Å²) in [5, 5.41) is 12.2. The summed E-state index contributed by atoms with van der Waals surface area (Å²) in [7, 11) is 0. The predicted octanol–water partition coefficient (Wildman–Crippen LogP) is 10.1. The smallest absolute Gasteiger partial charge is 0 e. The molecule has 0 saturated heterocycles. The van der Waals surface area contributed by atoms with Crippen LogP contribution in [0.5, 0.6) is 0 Å². The Morgan fingerprint density at radius 2 is 1.47 bits per heavy atom. The third-order valence-corrected chi connectivity index (χ3v) is 12.5. The molecule has 0 fully saturated rings. The number of rotatable bonds is 10. The standard InChI is InChI=1S/C25H24GeN.C13H24O2.Ir/c1-18-15-22(16-21-7-5-6-8-24(18)21)25-17-20(13-14-27-25)19-9-11-23(12-10-19)26(2,3)4;1-5-10(6-2)12(14)9-13(15)11(7-3)8-4;/h5-15,17H,1-4H3;9-11,14H,5-8H2,1-4H3;/q-1;;/b;12-9-;. The summed E-state index contributed by atoms with van der Waals surface area (Å²) in [6, 6.07) is 27.5. The zero-order chi connectivity index (χ0) is 30.9. The quantitative estimate of drug-likeness (QED) is 0.0751. The van der Waals surface area contributed by atoms with Crippen molar-refractivity contribution in [3.63, 3.8) is 0 Å². The maximum Gasteiger partial charge on any atom is 0 e. The molecule has 1 N–H and O–H groups in total. The van der Waals surface area contributed by atoms with Gasteiger partial charge >= 0.3 is 158 Å². The third-order valence-electron chi connectivity index (χ3n) is 8.18. The van der Waals surface area contributed by atoms with E-state index in [4.69, 9.17) is 0 Å². The minimum absolute atomic E-state index is 0. The molecule has 1 heterocycles. The van der Waals surface area contributed by atoms with Crippen LogP contribution in [0.15, 0.2) is 84.8 Å². The Labute approximate surface area is 276 Å². The van der Waals surface area contributed by atoms with E-state index < -0.39 is 13.3 Å². The first kappa shape index (κ1) is 36.7. The minimum Gasteiger partial charge on any atom is 0 e. The van der Waals surface area contributed by atoms with E-state index in [0.29, 0.717) is 0 Å². The molecule has 231 valence electrons. The van der Waals surface area contributed by atoms with Crippen molar-refractivity contribution in [2.45, 2.75) is 77.6 Å². The van der Waals surface area contributed by atoms with Crippen LogP contribution in [0.2, 0.25) is 17.3 Å². The molecule has 3 aromatic carbocycles. The number of nitrogens with zero attached hydrogens (tertiary/aromatic N) is 1. The number of pyridine rings is 1. The maximum atomic E-state index is 11.7. The van der Waals surface area contributed by atoms with E-state index in [0.717, 1.165) is 42.3 Å². The van der Waals surface area contributed by atoms with Crippen LogP contribution >= 0.6 is 0 Å². The molecule has 0 saturated carbocycles. The minimum atomic E-state index is -1.77. The number of hydrogen-bond acceptors (Lipinski definition) is 3. The second-order valence-corrected chi connectivity index (χ2v) is 22.8. The first-order valence-electron chi connectivity index (χ1n) is 15.5. The molecule has 1 aromatic heterocycles. The molecule has 4 aromatic rings. The Morgan fingerprint density at radius 1 is 0.860 bits per heavy atom. The summed E-state index contributed by atoms with van der Waals surface area (Å²) in [4.78, 5) is 16.3. The van der Waals surface area contributed by atoms with Crippen LogP contribution in [-0.2, 0) is 24.9 Å². The monoisotopic (exact) mass is 817 g/mol. The number of ketones is 1. The van der Waals surface area contributed by atoms with Crippen LogP contribution in [-0.4, -0.2) is 29.1 Å². The van der Waals surface area contributed by atoms with Crippen molar-refractivity contribution in [2.75, 3.05) is 0 Å². The van der Waals surface area contributed by atoms with Gasteiger partial charge in [-0.1, -0.05) is 33.8 Å². The van der Waals surface area contributed by atoms with Gasteiger partial charge in [0.25, 0.3) is 0 Å². The molecule has 0 bridgehead atoms. The van der Waals surface area contributed by atoms with E-state index in [1.165, 1.54) is 32.5 Å². The van der Waals surface area contributed by atoms with Gasteiger partial charge in [-0.25, -0.2) is 0 Å². The first-order valence-corrected chi connectivity index (χ1v) is 22.8. The average molecular weight is 816 g/mol. The molecule has 0 unspecified atom stereocenters. The van der Waals surface area contributed by atoms with Gasteiger partial charge in [-0.3, -0.25) is 4.79 Å². The summed E-state index contributed by atoms with van der Waals surface area (Å²) < 4.78 is 1.53. The number of aromatic nitrogens is 1. The molecule has 0 aliphatic heterocycles. The van der Waals surface area contributed by atoms with Crippen molar-refractivity contribution >= 4 is 34.2 Å². The Kier molecular flexibility index (Phi) is 14.6. The molecular formula is C38H48GeIrNO2-. The molecule has 0 amide bonds.